The van der Waals surface area contributed by atoms with Crippen LogP contribution in [0.4, 0.5) is 15.8 Å². The number of fused-ring (bicyclic) bond motifs is 2. The Labute approximate surface area is 183 Å². The van der Waals surface area contributed by atoms with Gasteiger partial charge in [0.15, 0.2) is 0 Å². The first kappa shape index (κ1) is 19.6. The van der Waals surface area contributed by atoms with E-state index in [-0.39, 0.29) is 5.82 Å². The highest BCUT2D eigenvalue weighted by molar-refractivity contribution is 5.81. The molecule has 0 saturated carbocycles. The number of rotatable bonds is 2. The van der Waals surface area contributed by atoms with Gasteiger partial charge >= 0.3 is 0 Å². The first-order valence-electron chi connectivity index (χ1n) is 10.7. The highest BCUT2D eigenvalue weighted by Gasteiger charge is 2.21. The van der Waals surface area contributed by atoms with Gasteiger partial charge in [0.05, 0.1) is 0 Å². The van der Waals surface area contributed by atoms with E-state index in [1.54, 1.807) is 6.07 Å². The average molecular weight is 408 g/mol. The fourth-order valence-electron chi connectivity index (χ4n) is 4.49. The Morgan fingerprint density at radius 1 is 0.581 bits per heavy atom. The fourth-order valence-corrected chi connectivity index (χ4v) is 4.49. The summed E-state index contributed by atoms with van der Waals surface area (Å²) >= 11 is 0. The van der Waals surface area contributed by atoms with Gasteiger partial charge in [0, 0.05) is 24.8 Å². The molecule has 31 heavy (non-hydrogen) atoms. The summed E-state index contributed by atoms with van der Waals surface area (Å²) in [4.78, 5) is 2.29. The minimum Gasteiger partial charge on any atom is -0.344 e. The predicted molar refractivity (Wildman–Crippen MR) is 129 cm³/mol. The molecular formula is C29H26FN. The van der Waals surface area contributed by atoms with Crippen LogP contribution >= 0.6 is 0 Å². The first-order chi connectivity index (χ1) is 14.9. The summed E-state index contributed by atoms with van der Waals surface area (Å²) in [7, 11) is 2.14. The molecule has 0 fully saturated rings. The van der Waals surface area contributed by atoms with Crippen LogP contribution in [0.1, 0.15) is 27.8 Å². The third-order valence-corrected chi connectivity index (χ3v) is 6.61. The lowest BCUT2D eigenvalue weighted by atomic mass is 9.91. The van der Waals surface area contributed by atoms with E-state index in [2.05, 4.69) is 80.4 Å². The van der Waals surface area contributed by atoms with Crippen molar-refractivity contribution in [3.05, 3.63) is 106 Å². The molecule has 4 aromatic carbocycles. The zero-order valence-corrected chi connectivity index (χ0v) is 18.5. The van der Waals surface area contributed by atoms with E-state index in [9.17, 15) is 4.39 Å². The minimum atomic E-state index is -0.161. The molecule has 0 amide bonds. The average Bonchev–Trinajstić information content (AvgIpc) is 2.77. The van der Waals surface area contributed by atoms with Gasteiger partial charge < -0.3 is 4.90 Å². The summed E-state index contributed by atoms with van der Waals surface area (Å²) < 4.78 is 13.7. The maximum Gasteiger partial charge on any atom is 0.126 e. The van der Waals surface area contributed by atoms with E-state index < -0.39 is 0 Å². The van der Waals surface area contributed by atoms with Crippen LogP contribution < -0.4 is 4.90 Å². The molecule has 0 aromatic heterocycles. The number of hydrogen-bond donors (Lipinski definition) is 0. The number of halogens is 1. The molecule has 154 valence electrons. The molecule has 0 N–H and O–H groups in total. The Bertz CT molecular complexity index is 1220. The molecule has 1 aliphatic heterocycles. The van der Waals surface area contributed by atoms with Gasteiger partial charge in [-0.05, 0) is 95.1 Å². The van der Waals surface area contributed by atoms with Crippen LogP contribution in [0.3, 0.4) is 0 Å². The molecule has 0 aliphatic carbocycles. The zero-order chi connectivity index (χ0) is 21.7. The third kappa shape index (κ3) is 3.42. The van der Waals surface area contributed by atoms with Gasteiger partial charge in [0.1, 0.15) is 5.82 Å². The van der Waals surface area contributed by atoms with E-state index in [1.807, 2.05) is 19.1 Å². The van der Waals surface area contributed by atoms with Crippen molar-refractivity contribution in [3.8, 4) is 22.3 Å². The van der Waals surface area contributed by atoms with Crippen LogP contribution in [0.5, 0.6) is 0 Å². The largest absolute Gasteiger partial charge is 0.344 e. The number of nitrogens with zero attached hydrogens (tertiary/aromatic N) is 1. The molecule has 1 heterocycles. The summed E-state index contributed by atoms with van der Waals surface area (Å²) in [6.07, 6.45) is 0.922. The molecule has 1 aliphatic rings. The highest BCUT2D eigenvalue weighted by Crippen LogP contribution is 2.41. The van der Waals surface area contributed by atoms with E-state index in [1.165, 1.54) is 44.8 Å². The topological polar surface area (TPSA) is 3.24 Å². The van der Waals surface area contributed by atoms with Gasteiger partial charge in [0.25, 0.3) is 0 Å². The van der Waals surface area contributed by atoms with Crippen LogP contribution in [0.15, 0.2) is 72.8 Å². The van der Waals surface area contributed by atoms with E-state index >= 15 is 0 Å². The normalized spacial score (nSPS) is 12.5. The highest BCUT2D eigenvalue weighted by atomic mass is 19.1. The molecule has 0 saturated heterocycles. The maximum absolute atomic E-state index is 13.7. The van der Waals surface area contributed by atoms with Gasteiger partial charge in [-0.2, -0.15) is 0 Å². The summed E-state index contributed by atoms with van der Waals surface area (Å²) in [5.41, 5.74) is 13.1. The molecule has 0 unspecified atom stereocenters. The minimum absolute atomic E-state index is 0.161. The lowest BCUT2D eigenvalue weighted by Crippen LogP contribution is -2.18. The van der Waals surface area contributed by atoms with E-state index in [0.29, 0.717) is 5.56 Å². The van der Waals surface area contributed by atoms with Gasteiger partial charge in [-0.25, -0.2) is 4.39 Å². The van der Waals surface area contributed by atoms with Crippen molar-refractivity contribution in [1.82, 2.24) is 0 Å². The smallest absolute Gasteiger partial charge is 0.126 e. The van der Waals surface area contributed by atoms with Gasteiger partial charge in [-0.3, -0.25) is 0 Å². The Kier molecular flexibility index (Phi) is 4.66. The predicted octanol–water partition coefficient (Wildman–Crippen LogP) is 7.76. The van der Waals surface area contributed by atoms with Crippen molar-refractivity contribution in [2.45, 2.75) is 27.2 Å². The van der Waals surface area contributed by atoms with Crippen LogP contribution in [-0.4, -0.2) is 7.05 Å². The molecule has 0 atom stereocenters. The Morgan fingerprint density at radius 2 is 1.06 bits per heavy atom. The van der Waals surface area contributed by atoms with Gasteiger partial charge in [-0.1, -0.05) is 48.5 Å². The second kappa shape index (κ2) is 7.39. The second-order valence-electron chi connectivity index (χ2n) is 8.69. The lowest BCUT2D eigenvalue weighted by Gasteiger charge is -2.31. The second-order valence-corrected chi connectivity index (χ2v) is 8.69. The summed E-state index contributed by atoms with van der Waals surface area (Å²) in [5, 5.41) is 0. The number of anilines is 2. The molecule has 0 bridgehead atoms. The molecule has 2 heteroatoms. The summed E-state index contributed by atoms with van der Waals surface area (Å²) in [6, 6.07) is 25.4. The van der Waals surface area contributed by atoms with Crippen LogP contribution in [0.25, 0.3) is 22.3 Å². The molecule has 0 spiro atoms. The SMILES string of the molecule is Cc1ccc(-c2ccc3c(c2)N(C)c2cc(-c4ccc(F)c(C)c4)ccc2C3)cc1C. The number of benzene rings is 4. The van der Waals surface area contributed by atoms with Gasteiger partial charge in [-0.15, -0.1) is 0 Å². The van der Waals surface area contributed by atoms with Crippen molar-refractivity contribution >= 4 is 11.4 Å². The fraction of sp³-hybridized carbons (Fsp3) is 0.172. The van der Waals surface area contributed by atoms with Crippen molar-refractivity contribution in [2.75, 3.05) is 11.9 Å². The number of hydrogen-bond acceptors (Lipinski definition) is 1. The zero-order valence-electron chi connectivity index (χ0n) is 18.5. The molecule has 1 nitrogen and oxygen atoms in total. The first-order valence-corrected chi connectivity index (χ1v) is 10.7. The van der Waals surface area contributed by atoms with E-state index in [4.69, 9.17) is 0 Å². The summed E-state index contributed by atoms with van der Waals surface area (Å²) in [6.45, 7) is 6.13. The van der Waals surface area contributed by atoms with Crippen LogP contribution in [0, 0.1) is 26.6 Å². The monoisotopic (exact) mass is 407 g/mol. The summed E-state index contributed by atoms with van der Waals surface area (Å²) in [5.74, 6) is -0.161. The van der Waals surface area contributed by atoms with Crippen molar-refractivity contribution in [3.63, 3.8) is 0 Å². The molecular weight excluding hydrogens is 381 g/mol. The molecule has 0 radical (unpaired) electrons. The standard InChI is InChI=1S/C29H26FN/c1-18-5-6-21(13-19(18)2)23-7-9-25-15-26-10-8-24(17-29(26)31(4)28(25)16-23)22-11-12-27(30)20(3)14-22/h5-14,16-17H,15H2,1-4H3. The van der Waals surface area contributed by atoms with Crippen molar-refractivity contribution in [2.24, 2.45) is 0 Å². The Balaban J connectivity index is 1.55. The van der Waals surface area contributed by atoms with Gasteiger partial charge in [0.2, 0.25) is 0 Å². The maximum atomic E-state index is 13.7. The Morgan fingerprint density at radius 3 is 1.61 bits per heavy atom. The molecule has 5 rings (SSSR count). The van der Waals surface area contributed by atoms with Crippen LogP contribution in [-0.2, 0) is 6.42 Å². The molecule has 4 aromatic rings. The number of aryl methyl sites for hydroxylation is 3. The quantitative estimate of drug-likeness (QED) is 0.328. The Hall–Kier alpha value is -3.39. The van der Waals surface area contributed by atoms with Crippen molar-refractivity contribution in [1.29, 1.82) is 0 Å². The lowest BCUT2D eigenvalue weighted by molar-refractivity contribution is 0.619. The van der Waals surface area contributed by atoms with Crippen LogP contribution in [0.2, 0.25) is 0 Å². The van der Waals surface area contributed by atoms with E-state index in [0.717, 1.165) is 17.5 Å². The third-order valence-electron chi connectivity index (χ3n) is 6.61. The van der Waals surface area contributed by atoms with Crippen molar-refractivity contribution < 1.29 is 4.39 Å².